The number of esters is 1. The highest BCUT2D eigenvalue weighted by molar-refractivity contribution is 5.97. The molecule has 1 fully saturated rings. The van der Waals surface area contributed by atoms with Crippen LogP contribution in [0.2, 0.25) is 0 Å². The Morgan fingerprint density at radius 2 is 2.08 bits per heavy atom. The number of carbonyl (C=O) groups excluding carboxylic acids is 1. The minimum absolute atomic E-state index is 0.251. The molecule has 1 aliphatic rings. The molecule has 0 saturated carbocycles. The normalized spacial score (nSPS) is 16.6. The van der Waals surface area contributed by atoms with E-state index in [1.54, 1.807) is 0 Å². The van der Waals surface area contributed by atoms with Crippen LogP contribution in [0.15, 0.2) is 30.5 Å². The van der Waals surface area contributed by atoms with E-state index in [1.807, 2.05) is 30.5 Å². The number of methoxy groups -OCH3 is 1. The van der Waals surface area contributed by atoms with Gasteiger partial charge in [-0.1, -0.05) is 19.4 Å². The van der Waals surface area contributed by atoms with Crippen molar-refractivity contribution < 1.29 is 9.53 Å². The van der Waals surface area contributed by atoms with E-state index in [9.17, 15) is 4.79 Å². The first-order valence-electron chi connectivity index (χ1n) is 9.12. The lowest BCUT2D eigenvalue weighted by Gasteiger charge is -2.31. The highest BCUT2D eigenvalue weighted by atomic mass is 16.5. The number of piperidine rings is 1. The van der Waals surface area contributed by atoms with Gasteiger partial charge < -0.3 is 14.0 Å². The van der Waals surface area contributed by atoms with Gasteiger partial charge in [-0.3, -0.25) is 0 Å². The Morgan fingerprint density at radius 1 is 1.29 bits per heavy atom. The van der Waals surface area contributed by atoms with E-state index in [2.05, 4.69) is 16.2 Å². The molecule has 0 amide bonds. The zero-order valence-corrected chi connectivity index (χ0v) is 14.8. The molecule has 2 aromatic rings. The second-order valence-corrected chi connectivity index (χ2v) is 6.84. The summed E-state index contributed by atoms with van der Waals surface area (Å²) in [5.74, 6) is 0.450. The van der Waals surface area contributed by atoms with Crippen molar-refractivity contribution in [2.45, 2.75) is 39.0 Å². The Balaban J connectivity index is 1.71. The Morgan fingerprint density at radius 3 is 2.79 bits per heavy atom. The number of hydrogen-bond donors (Lipinski definition) is 0. The third kappa shape index (κ3) is 3.64. The summed E-state index contributed by atoms with van der Waals surface area (Å²) in [4.78, 5) is 14.6. The van der Waals surface area contributed by atoms with Crippen molar-refractivity contribution in [1.29, 1.82) is 0 Å². The minimum atomic E-state index is -0.251. The number of aromatic nitrogens is 1. The zero-order valence-electron chi connectivity index (χ0n) is 14.8. The lowest BCUT2D eigenvalue weighted by atomic mass is 9.92. The maximum absolute atomic E-state index is 12.0. The summed E-state index contributed by atoms with van der Waals surface area (Å²) in [6, 6.07) is 8.00. The summed E-state index contributed by atoms with van der Waals surface area (Å²) >= 11 is 0. The van der Waals surface area contributed by atoms with Crippen LogP contribution in [0.4, 0.5) is 0 Å². The number of pyridine rings is 1. The lowest BCUT2D eigenvalue weighted by molar-refractivity contribution is 0.0603. The van der Waals surface area contributed by atoms with Crippen LogP contribution in [-0.4, -0.2) is 42.0 Å². The number of hydrogen-bond acceptors (Lipinski definition) is 3. The highest BCUT2D eigenvalue weighted by Gasteiger charge is 2.22. The molecule has 2 aromatic heterocycles. The van der Waals surface area contributed by atoms with Crippen molar-refractivity contribution in [3.05, 3.63) is 41.7 Å². The van der Waals surface area contributed by atoms with Crippen molar-refractivity contribution in [3.8, 4) is 0 Å². The number of carbonyl (C=O) groups is 1. The molecule has 4 nitrogen and oxygen atoms in total. The maximum atomic E-state index is 12.0. The predicted octanol–water partition coefficient (Wildman–Crippen LogP) is 3.78. The van der Waals surface area contributed by atoms with Crippen molar-refractivity contribution in [2.75, 3.05) is 26.7 Å². The minimum Gasteiger partial charge on any atom is -0.465 e. The van der Waals surface area contributed by atoms with Crippen molar-refractivity contribution in [1.82, 2.24) is 9.30 Å². The summed E-state index contributed by atoms with van der Waals surface area (Å²) in [6.45, 7) is 5.91. The first-order valence-corrected chi connectivity index (χ1v) is 9.12. The lowest BCUT2D eigenvalue weighted by Crippen LogP contribution is -2.35. The summed E-state index contributed by atoms with van der Waals surface area (Å²) in [5, 5.41) is 0. The third-order valence-corrected chi connectivity index (χ3v) is 5.19. The van der Waals surface area contributed by atoms with Crippen LogP contribution < -0.4 is 0 Å². The molecule has 0 radical (unpaired) electrons. The van der Waals surface area contributed by atoms with Gasteiger partial charge in [0.15, 0.2) is 0 Å². The van der Waals surface area contributed by atoms with Gasteiger partial charge in [0.1, 0.15) is 0 Å². The number of fused-ring (bicyclic) bond motifs is 1. The molecule has 130 valence electrons. The van der Waals surface area contributed by atoms with E-state index in [-0.39, 0.29) is 5.97 Å². The monoisotopic (exact) mass is 328 g/mol. The Hall–Kier alpha value is -1.81. The van der Waals surface area contributed by atoms with Gasteiger partial charge in [-0.05, 0) is 69.4 Å². The molecular formula is C20H28N2O2. The van der Waals surface area contributed by atoms with E-state index in [0.29, 0.717) is 11.5 Å². The van der Waals surface area contributed by atoms with E-state index >= 15 is 0 Å². The molecule has 0 bridgehead atoms. The third-order valence-electron chi connectivity index (χ3n) is 5.19. The second-order valence-electron chi connectivity index (χ2n) is 6.84. The molecule has 4 heteroatoms. The molecule has 1 saturated heterocycles. The quantitative estimate of drug-likeness (QED) is 0.757. The fraction of sp³-hybridized carbons (Fsp3) is 0.550. The van der Waals surface area contributed by atoms with Crippen molar-refractivity contribution in [3.63, 3.8) is 0 Å². The van der Waals surface area contributed by atoms with Crippen LogP contribution in [0.5, 0.6) is 0 Å². The Kier molecular flexibility index (Phi) is 5.56. The number of unbranched alkanes of at least 4 members (excludes halogenated alkanes) is 1. The molecule has 0 unspecified atom stereocenters. The van der Waals surface area contributed by atoms with Gasteiger partial charge in [0.05, 0.1) is 18.2 Å². The summed E-state index contributed by atoms with van der Waals surface area (Å²) in [5.41, 5.74) is 2.84. The molecule has 24 heavy (non-hydrogen) atoms. The molecule has 0 spiro atoms. The van der Waals surface area contributed by atoms with Crippen LogP contribution in [0.25, 0.3) is 5.52 Å². The average molecular weight is 328 g/mol. The number of rotatable bonds is 6. The highest BCUT2D eigenvalue weighted by Crippen LogP contribution is 2.25. The molecule has 1 aliphatic heterocycles. The van der Waals surface area contributed by atoms with Gasteiger partial charge in [0, 0.05) is 11.9 Å². The van der Waals surface area contributed by atoms with E-state index in [4.69, 9.17) is 4.74 Å². The molecular weight excluding hydrogens is 300 g/mol. The first-order chi connectivity index (χ1) is 11.7. The maximum Gasteiger partial charge on any atom is 0.340 e. The van der Waals surface area contributed by atoms with Crippen LogP contribution >= 0.6 is 0 Å². The Labute approximate surface area is 144 Å². The topological polar surface area (TPSA) is 34.0 Å². The van der Waals surface area contributed by atoms with Crippen LogP contribution in [0.3, 0.4) is 0 Å². The average Bonchev–Trinajstić information content (AvgIpc) is 2.99. The SMILES string of the molecule is CCCCN1CCC(Cc2cc(C(=O)OC)c3ccccn23)CC1. The van der Waals surface area contributed by atoms with Gasteiger partial charge in [-0.2, -0.15) is 0 Å². The molecule has 0 N–H and O–H groups in total. The van der Waals surface area contributed by atoms with Crippen molar-refractivity contribution in [2.24, 2.45) is 5.92 Å². The van der Waals surface area contributed by atoms with E-state index < -0.39 is 0 Å². The van der Waals surface area contributed by atoms with Crippen LogP contribution in [-0.2, 0) is 11.2 Å². The number of likely N-dealkylation sites (tertiary alicyclic amines) is 1. The summed E-state index contributed by atoms with van der Waals surface area (Å²) in [7, 11) is 1.44. The largest absolute Gasteiger partial charge is 0.465 e. The van der Waals surface area contributed by atoms with Crippen LogP contribution in [0, 0.1) is 5.92 Å². The summed E-state index contributed by atoms with van der Waals surface area (Å²) in [6.07, 6.45) is 8.15. The summed E-state index contributed by atoms with van der Waals surface area (Å²) < 4.78 is 7.09. The fourth-order valence-corrected chi connectivity index (χ4v) is 3.75. The smallest absolute Gasteiger partial charge is 0.340 e. The Bertz CT molecular complexity index is 684. The van der Waals surface area contributed by atoms with Gasteiger partial charge in [-0.25, -0.2) is 4.79 Å². The fourth-order valence-electron chi connectivity index (χ4n) is 3.75. The van der Waals surface area contributed by atoms with Gasteiger partial charge in [0.25, 0.3) is 0 Å². The van der Waals surface area contributed by atoms with Crippen LogP contribution in [0.1, 0.15) is 48.7 Å². The van der Waals surface area contributed by atoms with Gasteiger partial charge in [0.2, 0.25) is 0 Å². The second kappa shape index (κ2) is 7.84. The first kappa shape index (κ1) is 17.0. The molecule has 0 aromatic carbocycles. The molecule has 0 atom stereocenters. The molecule has 3 rings (SSSR count). The van der Waals surface area contributed by atoms with Gasteiger partial charge in [-0.15, -0.1) is 0 Å². The van der Waals surface area contributed by atoms with E-state index in [1.165, 1.54) is 58.1 Å². The molecule has 0 aliphatic carbocycles. The van der Waals surface area contributed by atoms with E-state index in [0.717, 1.165) is 11.9 Å². The zero-order chi connectivity index (χ0) is 16.9. The number of ether oxygens (including phenoxy) is 1. The van der Waals surface area contributed by atoms with Crippen molar-refractivity contribution >= 4 is 11.5 Å². The predicted molar refractivity (Wildman–Crippen MR) is 96.5 cm³/mol. The van der Waals surface area contributed by atoms with Gasteiger partial charge >= 0.3 is 5.97 Å². The standard InChI is InChI=1S/C20H28N2O2/c1-3-4-10-21-12-8-16(9-13-21)14-17-15-18(20(23)24-2)19-7-5-6-11-22(17)19/h5-7,11,15-16H,3-4,8-10,12-14H2,1-2H3. The number of nitrogens with zero attached hydrogens (tertiary/aromatic N) is 2. The molecule has 3 heterocycles.